The van der Waals surface area contributed by atoms with Crippen LogP contribution in [-0.4, -0.2) is 12.5 Å². The number of hydrogen-bond acceptors (Lipinski definition) is 1. The molecule has 17 heavy (non-hydrogen) atoms. The number of terminal acetylenes is 1. The van der Waals surface area contributed by atoms with Crippen molar-refractivity contribution in [1.29, 1.82) is 0 Å². The molecule has 2 nitrogen and oxygen atoms in total. The van der Waals surface area contributed by atoms with Crippen molar-refractivity contribution in [3.05, 3.63) is 28.0 Å². The fourth-order valence-electron chi connectivity index (χ4n) is 1.98. The van der Waals surface area contributed by atoms with Gasteiger partial charge in [-0.25, -0.2) is 4.39 Å². The molecule has 0 N–H and O–H groups in total. The van der Waals surface area contributed by atoms with Crippen molar-refractivity contribution in [2.75, 3.05) is 11.4 Å². The molecule has 1 fully saturated rings. The van der Waals surface area contributed by atoms with Crippen LogP contribution in [0.3, 0.4) is 0 Å². The Labute approximate surface area is 108 Å². The van der Waals surface area contributed by atoms with E-state index in [4.69, 9.17) is 6.42 Å². The molecule has 0 spiro atoms. The van der Waals surface area contributed by atoms with Crippen LogP contribution in [0.1, 0.15) is 12.0 Å². The van der Waals surface area contributed by atoms with E-state index in [2.05, 4.69) is 21.9 Å². The summed E-state index contributed by atoms with van der Waals surface area (Å²) >= 11 is 3.13. The first-order valence-electron chi connectivity index (χ1n) is 5.25. The van der Waals surface area contributed by atoms with E-state index in [1.165, 1.54) is 6.07 Å². The number of halogens is 2. The van der Waals surface area contributed by atoms with Gasteiger partial charge in [0.1, 0.15) is 5.82 Å². The summed E-state index contributed by atoms with van der Waals surface area (Å²) < 4.78 is 13.7. The van der Waals surface area contributed by atoms with Gasteiger partial charge in [0, 0.05) is 24.6 Å². The van der Waals surface area contributed by atoms with Crippen molar-refractivity contribution < 1.29 is 9.18 Å². The fourth-order valence-corrected chi connectivity index (χ4v) is 2.31. The molecule has 0 aliphatic carbocycles. The van der Waals surface area contributed by atoms with E-state index in [1.807, 2.05) is 0 Å². The quantitative estimate of drug-likeness (QED) is 0.730. The monoisotopic (exact) mass is 295 g/mol. The van der Waals surface area contributed by atoms with Crippen molar-refractivity contribution in [2.45, 2.75) is 13.3 Å². The number of carbonyl (C=O) groups is 1. The van der Waals surface area contributed by atoms with Crippen LogP contribution in [0.15, 0.2) is 16.6 Å². The summed E-state index contributed by atoms with van der Waals surface area (Å²) in [5.41, 5.74) is 1.46. The van der Waals surface area contributed by atoms with Crippen LogP contribution in [0.25, 0.3) is 0 Å². The molecule has 1 heterocycles. The first-order valence-corrected chi connectivity index (χ1v) is 6.04. The molecule has 0 saturated carbocycles. The first kappa shape index (κ1) is 12.1. The fraction of sp³-hybridized carbons (Fsp3) is 0.308. The molecule has 1 saturated heterocycles. The van der Waals surface area contributed by atoms with Crippen LogP contribution < -0.4 is 4.90 Å². The second-order valence-electron chi connectivity index (χ2n) is 4.12. The van der Waals surface area contributed by atoms with Crippen LogP contribution in [0.5, 0.6) is 0 Å². The highest BCUT2D eigenvalue weighted by molar-refractivity contribution is 9.10. The normalized spacial score (nSPS) is 19.5. The Morgan fingerprint density at radius 1 is 1.59 bits per heavy atom. The van der Waals surface area contributed by atoms with E-state index in [-0.39, 0.29) is 17.6 Å². The maximum atomic E-state index is 13.3. The van der Waals surface area contributed by atoms with Crippen molar-refractivity contribution in [3.8, 4) is 12.3 Å². The zero-order valence-electron chi connectivity index (χ0n) is 9.34. The first-order chi connectivity index (χ1) is 8.02. The lowest BCUT2D eigenvalue weighted by Gasteiger charge is -2.19. The van der Waals surface area contributed by atoms with E-state index in [0.717, 1.165) is 11.3 Å². The molecule has 1 unspecified atom stereocenters. The summed E-state index contributed by atoms with van der Waals surface area (Å²) in [6.45, 7) is 2.29. The SMILES string of the molecule is C#CC1CC(=O)N(c2cc(Br)c(F)cc2C)C1. The minimum Gasteiger partial charge on any atom is -0.311 e. The van der Waals surface area contributed by atoms with Crippen LogP contribution >= 0.6 is 15.9 Å². The highest BCUT2D eigenvalue weighted by atomic mass is 79.9. The molecule has 88 valence electrons. The third-order valence-electron chi connectivity index (χ3n) is 2.89. The highest BCUT2D eigenvalue weighted by Crippen LogP contribution is 2.31. The van der Waals surface area contributed by atoms with Gasteiger partial charge >= 0.3 is 0 Å². The summed E-state index contributed by atoms with van der Waals surface area (Å²) in [6.07, 6.45) is 5.70. The summed E-state index contributed by atoms with van der Waals surface area (Å²) in [6, 6.07) is 3.04. The smallest absolute Gasteiger partial charge is 0.228 e. The topological polar surface area (TPSA) is 20.3 Å². The molecule has 1 amide bonds. The Balaban J connectivity index is 2.39. The van der Waals surface area contributed by atoms with E-state index in [1.54, 1.807) is 17.9 Å². The molecule has 1 aliphatic rings. The minimum atomic E-state index is -0.327. The van der Waals surface area contributed by atoms with Gasteiger partial charge in [-0.05, 0) is 40.5 Å². The van der Waals surface area contributed by atoms with E-state index in [9.17, 15) is 9.18 Å². The van der Waals surface area contributed by atoms with Gasteiger partial charge in [-0.2, -0.15) is 0 Å². The molecule has 1 atom stereocenters. The molecule has 0 aromatic heterocycles. The molecule has 1 aliphatic heterocycles. The summed E-state index contributed by atoms with van der Waals surface area (Å²) in [5.74, 6) is 2.21. The van der Waals surface area contributed by atoms with Gasteiger partial charge in [0.15, 0.2) is 0 Å². The molecule has 1 aromatic rings. The maximum Gasteiger partial charge on any atom is 0.228 e. The van der Waals surface area contributed by atoms with Crippen molar-refractivity contribution in [2.24, 2.45) is 5.92 Å². The van der Waals surface area contributed by atoms with Gasteiger partial charge in [-0.15, -0.1) is 12.3 Å². The van der Waals surface area contributed by atoms with Gasteiger partial charge < -0.3 is 4.90 Å². The van der Waals surface area contributed by atoms with E-state index in [0.29, 0.717) is 17.4 Å². The van der Waals surface area contributed by atoms with Crippen molar-refractivity contribution in [1.82, 2.24) is 0 Å². The second kappa shape index (κ2) is 4.50. The predicted molar refractivity (Wildman–Crippen MR) is 68.1 cm³/mol. The van der Waals surface area contributed by atoms with Crippen LogP contribution in [0.4, 0.5) is 10.1 Å². The summed E-state index contributed by atoms with van der Waals surface area (Å²) in [5, 5.41) is 0. The maximum absolute atomic E-state index is 13.3. The zero-order chi connectivity index (χ0) is 12.6. The lowest BCUT2D eigenvalue weighted by atomic mass is 10.1. The molecular formula is C13H11BrFNO. The van der Waals surface area contributed by atoms with Crippen LogP contribution in [0.2, 0.25) is 0 Å². The number of rotatable bonds is 1. The average Bonchev–Trinajstić information content (AvgIpc) is 2.65. The Morgan fingerprint density at radius 3 is 2.88 bits per heavy atom. The number of hydrogen-bond donors (Lipinski definition) is 0. The van der Waals surface area contributed by atoms with Crippen LogP contribution in [0, 0.1) is 31.0 Å². The number of amides is 1. The molecule has 0 bridgehead atoms. The minimum absolute atomic E-state index is 0.00504. The number of nitrogens with zero attached hydrogens (tertiary/aromatic N) is 1. The molecular weight excluding hydrogens is 285 g/mol. The number of anilines is 1. The number of aryl methyl sites for hydroxylation is 1. The van der Waals surface area contributed by atoms with Crippen LogP contribution in [-0.2, 0) is 4.79 Å². The average molecular weight is 296 g/mol. The van der Waals surface area contributed by atoms with E-state index >= 15 is 0 Å². The third kappa shape index (κ3) is 2.20. The standard InChI is InChI=1S/C13H11BrFNO/c1-3-9-5-13(17)16(7-9)12-6-10(14)11(15)4-8(12)2/h1,4,6,9H,5,7H2,2H3. The Kier molecular flexibility index (Phi) is 3.21. The van der Waals surface area contributed by atoms with Gasteiger partial charge in [0.05, 0.1) is 4.47 Å². The number of carbonyl (C=O) groups excluding carboxylic acids is 1. The van der Waals surface area contributed by atoms with Gasteiger partial charge in [-0.3, -0.25) is 4.79 Å². The zero-order valence-corrected chi connectivity index (χ0v) is 10.9. The van der Waals surface area contributed by atoms with E-state index < -0.39 is 0 Å². The number of benzene rings is 1. The summed E-state index contributed by atoms with van der Waals surface area (Å²) in [7, 11) is 0. The van der Waals surface area contributed by atoms with Gasteiger partial charge in [-0.1, -0.05) is 0 Å². The largest absolute Gasteiger partial charge is 0.311 e. The third-order valence-corrected chi connectivity index (χ3v) is 3.50. The lowest BCUT2D eigenvalue weighted by Crippen LogP contribution is -2.25. The second-order valence-corrected chi connectivity index (χ2v) is 4.98. The lowest BCUT2D eigenvalue weighted by molar-refractivity contribution is -0.117. The summed E-state index contributed by atoms with van der Waals surface area (Å²) in [4.78, 5) is 13.4. The Bertz CT molecular complexity index is 521. The predicted octanol–water partition coefficient (Wildman–Crippen LogP) is 2.88. The molecule has 0 radical (unpaired) electrons. The van der Waals surface area contributed by atoms with Gasteiger partial charge in [0.2, 0.25) is 5.91 Å². The molecule has 1 aromatic carbocycles. The molecule has 4 heteroatoms. The van der Waals surface area contributed by atoms with Crippen molar-refractivity contribution >= 4 is 27.5 Å². The Morgan fingerprint density at radius 2 is 2.29 bits per heavy atom. The highest BCUT2D eigenvalue weighted by Gasteiger charge is 2.30. The molecule has 2 rings (SSSR count). The van der Waals surface area contributed by atoms with Gasteiger partial charge in [0.25, 0.3) is 0 Å². The Hall–Kier alpha value is -1.34. The van der Waals surface area contributed by atoms with Crippen molar-refractivity contribution in [3.63, 3.8) is 0 Å².